The molecule has 9 nitrogen and oxygen atoms in total. The Balaban J connectivity index is 0.000000190. The minimum absolute atomic E-state index is 0.785. The fourth-order valence-electron chi connectivity index (χ4n) is 12.5. The standard InChI is InChI=1S/C17H26O2.C15H22O2.C15H22O.C14H20O.C13H18O2.C11H14.C9H10O/c1-3-16-10-12-17(13-11-16)19-15-9-7-5-4-6-8-14-18-2;1-3-14-9-8-10-15(13-14)17-12-7-5-4-6-11-16-2;1-2-3-4-5-6-11-16-15-10-9-13-7-8-14(13)12-15;1-2-3-4-5-10-15-14-9-8-12-6-7-13(12)11-14;1-14-8-2-3-9-15-13-7-6-11-4-5-12(11)10-13;1-2-3-9-4-5-10-6-7-11(10)8-9;1-10-9-5-4-7-2-3-8(7)6-9/h3,10-13H,1,4-9,14-15H2,2H3;3,8-10,13H,1,4-7,11-12H2,2H3;9-10,12H,2-8,11H2,1H3;8-9,11H,2-7,10H2,1H3;6-7,10H,2-5,8-9H2,1H3;4-5,8H,2-3,6-7H2,1H3;4-6H,2-3H2,1H3. The van der Waals surface area contributed by atoms with Gasteiger partial charge in [-0.05, 0) is 274 Å². The van der Waals surface area contributed by atoms with Crippen molar-refractivity contribution < 1.29 is 42.6 Å². The molecule has 5 aliphatic carbocycles. The summed E-state index contributed by atoms with van der Waals surface area (Å²) in [6, 6.07) is 48.8. The van der Waals surface area contributed by atoms with E-state index in [1.807, 2.05) is 66.7 Å². The molecule has 9 heteroatoms. The van der Waals surface area contributed by atoms with Crippen LogP contribution >= 0.6 is 0 Å². The minimum atomic E-state index is 0.785. The van der Waals surface area contributed by atoms with Crippen molar-refractivity contribution in [2.24, 2.45) is 0 Å². The summed E-state index contributed by atoms with van der Waals surface area (Å²) in [7, 11) is 6.95. The predicted molar refractivity (Wildman–Crippen MR) is 434 cm³/mol. The van der Waals surface area contributed by atoms with Crippen molar-refractivity contribution in [3.63, 3.8) is 0 Å². The average Bonchev–Trinajstić information content (AvgIpc) is 0.854. The third-order valence-electron chi connectivity index (χ3n) is 19.6. The van der Waals surface area contributed by atoms with Gasteiger partial charge in [0.15, 0.2) is 0 Å². The first kappa shape index (κ1) is 84.6. The molecule has 562 valence electrons. The van der Waals surface area contributed by atoms with Crippen LogP contribution in [0.2, 0.25) is 0 Å². The van der Waals surface area contributed by atoms with E-state index in [-0.39, 0.29) is 0 Å². The molecule has 0 spiro atoms. The van der Waals surface area contributed by atoms with Gasteiger partial charge in [-0.15, -0.1) is 0 Å². The molecule has 0 amide bonds. The van der Waals surface area contributed by atoms with Crippen LogP contribution in [0.3, 0.4) is 0 Å². The van der Waals surface area contributed by atoms with Crippen LogP contribution < -0.4 is 28.4 Å². The van der Waals surface area contributed by atoms with Crippen molar-refractivity contribution in [2.45, 2.75) is 233 Å². The van der Waals surface area contributed by atoms with E-state index in [0.717, 1.165) is 131 Å². The molecule has 103 heavy (non-hydrogen) atoms. The van der Waals surface area contributed by atoms with Gasteiger partial charge >= 0.3 is 0 Å². The second-order valence-electron chi connectivity index (χ2n) is 27.8. The van der Waals surface area contributed by atoms with E-state index in [2.05, 4.69) is 119 Å². The van der Waals surface area contributed by atoms with Crippen LogP contribution in [0, 0.1) is 0 Å². The predicted octanol–water partition coefficient (Wildman–Crippen LogP) is 23.6. The van der Waals surface area contributed by atoms with Gasteiger partial charge in [-0.2, -0.15) is 0 Å². The molecule has 0 aliphatic heterocycles. The van der Waals surface area contributed by atoms with Crippen LogP contribution in [-0.2, 0) is 84.8 Å². The molecule has 0 bridgehead atoms. The largest absolute Gasteiger partial charge is 0.497 e. The molecule has 0 atom stereocenters. The summed E-state index contributed by atoms with van der Waals surface area (Å²) in [5.41, 5.74) is 18.8. The van der Waals surface area contributed by atoms with E-state index in [9.17, 15) is 0 Å². The number of ether oxygens (including phenoxy) is 9. The Morgan fingerprint density at radius 3 is 0.913 bits per heavy atom. The number of unbranched alkanes of at least 4 members (excludes halogenated alkanes) is 16. The van der Waals surface area contributed by atoms with E-state index in [0.29, 0.717) is 0 Å². The zero-order valence-corrected chi connectivity index (χ0v) is 65.0. The number of hydrogen-bond donors (Lipinski definition) is 0. The Bertz CT molecular complexity index is 3320. The van der Waals surface area contributed by atoms with Crippen molar-refractivity contribution in [3.05, 3.63) is 225 Å². The highest BCUT2D eigenvalue weighted by Gasteiger charge is 2.17. The maximum atomic E-state index is 5.76. The molecule has 0 saturated heterocycles. The van der Waals surface area contributed by atoms with Crippen LogP contribution in [0.4, 0.5) is 0 Å². The average molecular weight is 1410 g/mol. The van der Waals surface area contributed by atoms with Gasteiger partial charge in [0.25, 0.3) is 0 Å². The summed E-state index contributed by atoms with van der Waals surface area (Å²) in [4.78, 5) is 0. The first-order valence-electron chi connectivity index (χ1n) is 39.9. The van der Waals surface area contributed by atoms with Gasteiger partial charge in [-0.3, -0.25) is 0 Å². The molecule has 0 aromatic heterocycles. The summed E-state index contributed by atoms with van der Waals surface area (Å²) < 4.78 is 48.6. The number of benzene rings is 7. The lowest BCUT2D eigenvalue weighted by atomic mass is 9.87. The Hall–Kier alpha value is -7.30. The fourth-order valence-corrected chi connectivity index (χ4v) is 12.5. The minimum Gasteiger partial charge on any atom is -0.497 e. The van der Waals surface area contributed by atoms with E-state index in [1.165, 1.54) is 230 Å². The Kier molecular flexibility index (Phi) is 43.9. The topological polar surface area (TPSA) is 83.1 Å². The maximum absolute atomic E-state index is 5.76. The number of hydrogen-bond acceptors (Lipinski definition) is 9. The molecule has 7 aromatic carbocycles. The summed E-state index contributed by atoms with van der Waals surface area (Å²) >= 11 is 0. The van der Waals surface area contributed by atoms with Gasteiger partial charge in [0.1, 0.15) is 34.5 Å². The molecule has 0 saturated carbocycles. The smallest absolute Gasteiger partial charge is 0.119 e. The SMILES string of the molecule is C=Cc1ccc(OCCCCCCCCOC)cc1.C=Cc1cccc(OCCCCCCOC)c1.CCCCCCCOc1ccc2c(c1)CC2.CCCCCCOc1ccc2c(c1)CC2.CCCc1ccc2c(c1)CC2.COCCCCOc1ccc2c(c1)CC2.COc1ccc2c(c1)CC2. The van der Waals surface area contributed by atoms with Crippen molar-refractivity contribution >= 4 is 12.2 Å². The maximum Gasteiger partial charge on any atom is 0.119 e. The summed E-state index contributed by atoms with van der Waals surface area (Å²) in [6.45, 7) is 20.9. The first-order valence-corrected chi connectivity index (χ1v) is 39.9. The lowest BCUT2D eigenvalue weighted by Gasteiger charge is -2.19. The molecule has 0 unspecified atom stereocenters. The van der Waals surface area contributed by atoms with Crippen molar-refractivity contribution in [1.82, 2.24) is 0 Å². The van der Waals surface area contributed by atoms with Crippen LogP contribution in [-0.4, -0.2) is 81.3 Å². The van der Waals surface area contributed by atoms with Gasteiger partial charge < -0.3 is 42.6 Å². The molecule has 0 heterocycles. The molecular formula is C94H132O9. The first-order chi connectivity index (χ1) is 50.7. The fraction of sp³-hybridized carbons (Fsp3) is 0.511. The molecular weight excluding hydrogens is 1270 g/mol. The summed E-state index contributed by atoms with van der Waals surface area (Å²) in [6.07, 6.45) is 44.6. The Labute approximate surface area is 624 Å². The second kappa shape index (κ2) is 53.5. The van der Waals surface area contributed by atoms with Crippen molar-refractivity contribution in [3.8, 4) is 34.5 Å². The molecule has 0 N–H and O–H groups in total. The highest BCUT2D eigenvalue weighted by atomic mass is 16.5. The van der Waals surface area contributed by atoms with Crippen LogP contribution in [0.1, 0.15) is 234 Å². The highest BCUT2D eigenvalue weighted by Crippen LogP contribution is 2.31. The number of aryl methyl sites for hydroxylation is 11. The van der Waals surface area contributed by atoms with Gasteiger partial charge in [0.05, 0.1) is 40.1 Å². The van der Waals surface area contributed by atoms with Gasteiger partial charge in [0, 0.05) is 41.2 Å². The molecule has 0 fully saturated rings. The van der Waals surface area contributed by atoms with E-state index >= 15 is 0 Å². The van der Waals surface area contributed by atoms with Crippen LogP contribution in [0.15, 0.2) is 153 Å². The van der Waals surface area contributed by atoms with Crippen LogP contribution in [0.5, 0.6) is 34.5 Å². The Morgan fingerprint density at radius 1 is 0.262 bits per heavy atom. The van der Waals surface area contributed by atoms with E-state index in [1.54, 1.807) is 39.6 Å². The van der Waals surface area contributed by atoms with Gasteiger partial charge in [0.2, 0.25) is 0 Å². The number of rotatable bonds is 42. The third kappa shape index (κ3) is 34.4. The highest BCUT2D eigenvalue weighted by molar-refractivity contribution is 5.50. The van der Waals surface area contributed by atoms with Gasteiger partial charge in [-0.1, -0.05) is 196 Å². The molecule has 12 rings (SSSR count). The monoisotopic (exact) mass is 1400 g/mol. The zero-order valence-electron chi connectivity index (χ0n) is 65.0. The summed E-state index contributed by atoms with van der Waals surface area (Å²) in [5.74, 6) is 6.01. The number of methoxy groups -OCH3 is 4. The number of fused-ring (bicyclic) bond motifs is 5. The van der Waals surface area contributed by atoms with Crippen LogP contribution in [0.25, 0.3) is 12.2 Å². The Morgan fingerprint density at radius 2 is 0.563 bits per heavy atom. The zero-order chi connectivity index (χ0) is 73.0. The second-order valence-corrected chi connectivity index (χ2v) is 27.8. The quantitative estimate of drug-likeness (QED) is 0.0348. The van der Waals surface area contributed by atoms with E-state index < -0.39 is 0 Å². The van der Waals surface area contributed by atoms with Crippen molar-refractivity contribution in [1.29, 1.82) is 0 Å². The van der Waals surface area contributed by atoms with Gasteiger partial charge in [-0.25, -0.2) is 0 Å². The van der Waals surface area contributed by atoms with Crippen molar-refractivity contribution in [2.75, 3.05) is 81.3 Å². The normalized spacial score (nSPS) is 12.3. The third-order valence-corrected chi connectivity index (χ3v) is 19.6. The lowest BCUT2D eigenvalue weighted by Crippen LogP contribution is -2.08. The lowest BCUT2D eigenvalue weighted by molar-refractivity contribution is 0.184. The summed E-state index contributed by atoms with van der Waals surface area (Å²) in [5, 5.41) is 0. The molecule has 7 aromatic rings. The molecule has 5 aliphatic rings. The van der Waals surface area contributed by atoms with E-state index in [4.69, 9.17) is 42.6 Å². The molecule has 0 radical (unpaired) electrons.